The summed E-state index contributed by atoms with van der Waals surface area (Å²) in [7, 11) is 0. The van der Waals surface area contributed by atoms with E-state index in [1.54, 1.807) is 12.3 Å². The van der Waals surface area contributed by atoms with Gasteiger partial charge >= 0.3 is 5.97 Å². The number of nitrogens with one attached hydrogen (secondary N) is 2. The maximum absolute atomic E-state index is 12.1. The molecule has 0 fully saturated rings. The number of nitrogens with zero attached hydrogens (tertiary/aromatic N) is 2. The number of para-hydroxylation sites is 1. The summed E-state index contributed by atoms with van der Waals surface area (Å²) in [6.07, 6.45) is 4.37. The van der Waals surface area contributed by atoms with Gasteiger partial charge in [-0.05, 0) is 43.2 Å². The van der Waals surface area contributed by atoms with E-state index < -0.39 is 12.0 Å². The molecule has 2 aromatic carbocycles. The van der Waals surface area contributed by atoms with Crippen molar-refractivity contribution in [2.45, 2.75) is 39.2 Å². The van der Waals surface area contributed by atoms with Crippen LogP contribution in [0.15, 0.2) is 67.0 Å². The van der Waals surface area contributed by atoms with Crippen molar-refractivity contribution in [3.63, 3.8) is 0 Å². The SMILES string of the molecule is CCCC(NC(=O)Cc1cccc(Oc2ccccc2)c1)C(=O)O.CCNc1cncc(N)n1. The predicted octanol–water partition coefficient (Wildman–Crippen LogP) is 3.88. The topological polar surface area (TPSA) is 139 Å². The fourth-order valence-electron chi connectivity index (χ4n) is 2.97. The molecular formula is C25H31N5O4. The zero-order chi connectivity index (χ0) is 24.8. The number of anilines is 2. The first-order chi connectivity index (χ1) is 16.4. The van der Waals surface area contributed by atoms with E-state index in [2.05, 4.69) is 20.6 Å². The molecule has 180 valence electrons. The highest BCUT2D eigenvalue weighted by Crippen LogP contribution is 2.22. The third-order valence-corrected chi connectivity index (χ3v) is 4.46. The highest BCUT2D eigenvalue weighted by molar-refractivity contribution is 5.84. The Labute approximate surface area is 199 Å². The highest BCUT2D eigenvalue weighted by Gasteiger charge is 2.18. The van der Waals surface area contributed by atoms with E-state index in [9.17, 15) is 9.59 Å². The maximum atomic E-state index is 12.1. The number of carbonyl (C=O) groups excluding carboxylic acids is 1. The van der Waals surface area contributed by atoms with Gasteiger partial charge in [0, 0.05) is 6.54 Å². The minimum Gasteiger partial charge on any atom is -0.480 e. The Morgan fingerprint density at radius 2 is 1.79 bits per heavy atom. The quantitative estimate of drug-likeness (QED) is 0.354. The van der Waals surface area contributed by atoms with Crippen LogP contribution in [-0.2, 0) is 16.0 Å². The van der Waals surface area contributed by atoms with Gasteiger partial charge in [0.05, 0.1) is 18.8 Å². The molecule has 0 bridgehead atoms. The van der Waals surface area contributed by atoms with Crippen molar-refractivity contribution in [2.75, 3.05) is 17.6 Å². The molecule has 0 saturated carbocycles. The summed E-state index contributed by atoms with van der Waals surface area (Å²) < 4.78 is 5.73. The Bertz CT molecular complexity index is 1050. The smallest absolute Gasteiger partial charge is 0.326 e. The van der Waals surface area contributed by atoms with Crippen LogP contribution in [0.25, 0.3) is 0 Å². The van der Waals surface area contributed by atoms with Crippen LogP contribution in [0.4, 0.5) is 11.6 Å². The van der Waals surface area contributed by atoms with Gasteiger partial charge in [0.2, 0.25) is 5.91 Å². The van der Waals surface area contributed by atoms with Gasteiger partial charge in [-0.1, -0.05) is 43.7 Å². The van der Waals surface area contributed by atoms with Crippen molar-refractivity contribution < 1.29 is 19.4 Å². The zero-order valence-corrected chi connectivity index (χ0v) is 19.4. The molecule has 3 rings (SSSR count). The molecule has 0 saturated heterocycles. The molecule has 0 aliphatic rings. The van der Waals surface area contributed by atoms with Crippen molar-refractivity contribution in [3.05, 3.63) is 72.6 Å². The molecule has 5 N–H and O–H groups in total. The number of carbonyl (C=O) groups is 2. The van der Waals surface area contributed by atoms with Crippen molar-refractivity contribution in [2.24, 2.45) is 0 Å². The van der Waals surface area contributed by atoms with E-state index in [0.717, 1.165) is 17.9 Å². The fraction of sp³-hybridized carbons (Fsp3) is 0.280. The molecule has 0 radical (unpaired) electrons. The average molecular weight is 466 g/mol. The van der Waals surface area contributed by atoms with Crippen LogP contribution in [0, 0.1) is 0 Å². The summed E-state index contributed by atoms with van der Waals surface area (Å²) >= 11 is 0. The van der Waals surface area contributed by atoms with Crippen molar-refractivity contribution in [3.8, 4) is 11.5 Å². The van der Waals surface area contributed by atoms with E-state index in [0.29, 0.717) is 30.2 Å². The second-order valence-electron chi connectivity index (χ2n) is 7.35. The van der Waals surface area contributed by atoms with E-state index in [1.807, 2.05) is 62.4 Å². The lowest BCUT2D eigenvalue weighted by molar-refractivity contribution is -0.141. The number of hydrogen-bond acceptors (Lipinski definition) is 7. The highest BCUT2D eigenvalue weighted by atomic mass is 16.5. The largest absolute Gasteiger partial charge is 0.480 e. The van der Waals surface area contributed by atoms with Gasteiger partial charge in [0.15, 0.2) is 0 Å². The molecule has 1 heterocycles. The number of carboxylic acids is 1. The maximum Gasteiger partial charge on any atom is 0.326 e. The van der Waals surface area contributed by atoms with Gasteiger partial charge in [0.1, 0.15) is 29.2 Å². The van der Waals surface area contributed by atoms with Crippen LogP contribution in [0.2, 0.25) is 0 Å². The minimum atomic E-state index is -1.01. The third-order valence-electron chi connectivity index (χ3n) is 4.46. The fourth-order valence-corrected chi connectivity index (χ4v) is 2.97. The molecule has 1 unspecified atom stereocenters. The molecule has 0 aliphatic carbocycles. The second-order valence-corrected chi connectivity index (χ2v) is 7.35. The standard InChI is InChI=1S/C19H21NO4.C6H10N4/c1-2-7-17(19(22)23)20-18(21)13-14-8-6-11-16(12-14)24-15-9-4-3-5-10-15;1-2-9-6-4-8-3-5(7)10-6/h3-6,8-12,17H,2,7,13H2,1H3,(H,20,21)(H,22,23);3-4H,2H2,1H3,(H3,7,9,10). The van der Waals surface area contributed by atoms with Crippen LogP contribution in [0.1, 0.15) is 32.3 Å². The number of nitrogen functional groups attached to an aromatic ring is 1. The van der Waals surface area contributed by atoms with Crippen LogP contribution < -0.4 is 21.1 Å². The normalized spacial score (nSPS) is 10.9. The molecule has 9 nitrogen and oxygen atoms in total. The van der Waals surface area contributed by atoms with E-state index in [1.165, 1.54) is 6.20 Å². The summed E-state index contributed by atoms with van der Waals surface area (Å²) in [6, 6.07) is 15.7. The van der Waals surface area contributed by atoms with Crippen LogP contribution in [0.5, 0.6) is 11.5 Å². The van der Waals surface area contributed by atoms with Gasteiger partial charge in [-0.3, -0.25) is 9.78 Å². The molecule has 0 spiro atoms. The monoisotopic (exact) mass is 465 g/mol. The number of nitrogens with two attached hydrogens (primary N) is 1. The van der Waals surface area contributed by atoms with Gasteiger partial charge in [-0.15, -0.1) is 0 Å². The van der Waals surface area contributed by atoms with Gasteiger partial charge in [-0.2, -0.15) is 0 Å². The molecule has 1 aromatic heterocycles. The van der Waals surface area contributed by atoms with Gasteiger partial charge in [-0.25, -0.2) is 9.78 Å². The van der Waals surface area contributed by atoms with Crippen molar-refractivity contribution in [1.29, 1.82) is 0 Å². The van der Waals surface area contributed by atoms with Crippen molar-refractivity contribution in [1.82, 2.24) is 15.3 Å². The Hall–Kier alpha value is -4.14. The Morgan fingerprint density at radius 3 is 2.44 bits per heavy atom. The van der Waals surface area contributed by atoms with E-state index in [-0.39, 0.29) is 12.3 Å². The van der Waals surface area contributed by atoms with E-state index in [4.69, 9.17) is 15.6 Å². The number of rotatable bonds is 10. The molecular weight excluding hydrogens is 434 g/mol. The number of benzene rings is 2. The molecule has 1 amide bonds. The summed E-state index contributed by atoms with van der Waals surface area (Å²) in [6.45, 7) is 4.70. The first-order valence-electron chi connectivity index (χ1n) is 11.1. The average Bonchev–Trinajstić information content (AvgIpc) is 2.80. The summed E-state index contributed by atoms with van der Waals surface area (Å²) in [5, 5.41) is 14.6. The second kappa shape index (κ2) is 14.1. The minimum absolute atomic E-state index is 0.111. The first-order valence-corrected chi connectivity index (χ1v) is 11.1. The van der Waals surface area contributed by atoms with Crippen molar-refractivity contribution >= 4 is 23.5 Å². The van der Waals surface area contributed by atoms with Crippen LogP contribution in [0.3, 0.4) is 0 Å². The molecule has 34 heavy (non-hydrogen) atoms. The van der Waals surface area contributed by atoms with Gasteiger partial charge < -0.3 is 26.2 Å². The van der Waals surface area contributed by atoms with Gasteiger partial charge in [0.25, 0.3) is 0 Å². The van der Waals surface area contributed by atoms with Crippen LogP contribution in [-0.4, -0.2) is 39.5 Å². The third kappa shape index (κ3) is 9.56. The Morgan fingerprint density at radius 1 is 1.06 bits per heavy atom. The number of aromatic nitrogens is 2. The number of hydrogen-bond donors (Lipinski definition) is 4. The lowest BCUT2D eigenvalue weighted by atomic mass is 10.1. The summed E-state index contributed by atoms with van der Waals surface area (Å²) in [5.41, 5.74) is 6.14. The summed E-state index contributed by atoms with van der Waals surface area (Å²) in [5.74, 6) is 1.20. The first kappa shape index (κ1) is 26.1. The zero-order valence-electron chi connectivity index (χ0n) is 19.4. The molecule has 9 heteroatoms. The lowest BCUT2D eigenvalue weighted by Gasteiger charge is -2.13. The molecule has 3 aromatic rings. The summed E-state index contributed by atoms with van der Waals surface area (Å²) in [4.78, 5) is 31.0. The Balaban J connectivity index is 0.000000340. The van der Waals surface area contributed by atoms with E-state index >= 15 is 0 Å². The molecule has 1 atom stereocenters. The molecule has 0 aliphatic heterocycles. The number of ether oxygens (including phenoxy) is 1. The number of aliphatic carboxylic acids is 1. The number of carboxylic acid groups (broad SMARTS) is 1. The Kier molecular flexibility index (Phi) is 10.8. The lowest BCUT2D eigenvalue weighted by Crippen LogP contribution is -2.41. The predicted molar refractivity (Wildman–Crippen MR) is 132 cm³/mol. The number of amides is 1. The van der Waals surface area contributed by atoms with Crippen LogP contribution >= 0.6 is 0 Å².